The molecular formula is C14H14ClN3O2S. The molecule has 0 N–H and O–H groups in total. The molecule has 2 aromatic rings. The van der Waals surface area contributed by atoms with Gasteiger partial charge in [-0.15, -0.1) is 11.8 Å². The molecule has 0 unspecified atom stereocenters. The zero-order valence-electron chi connectivity index (χ0n) is 11.8. The van der Waals surface area contributed by atoms with Gasteiger partial charge in [-0.1, -0.05) is 11.6 Å². The van der Waals surface area contributed by atoms with Crippen molar-refractivity contribution in [1.29, 1.82) is 0 Å². The first-order valence-corrected chi connectivity index (χ1v) is 7.64. The Morgan fingerprint density at radius 3 is 2.76 bits per heavy atom. The van der Waals surface area contributed by atoms with Crippen LogP contribution in [0.25, 0.3) is 0 Å². The minimum absolute atomic E-state index is 0.322. The fourth-order valence-corrected chi connectivity index (χ4v) is 2.32. The number of methoxy groups -OCH3 is 1. The molecule has 0 saturated carbocycles. The molecule has 0 saturated heterocycles. The lowest BCUT2D eigenvalue weighted by atomic mass is 10.2. The van der Waals surface area contributed by atoms with Gasteiger partial charge < -0.3 is 9.64 Å². The molecule has 0 amide bonds. The summed E-state index contributed by atoms with van der Waals surface area (Å²) in [5.41, 5.74) is 1.10. The third-order valence-corrected chi connectivity index (χ3v) is 3.89. The highest BCUT2D eigenvalue weighted by Crippen LogP contribution is 2.28. The Kier molecular flexibility index (Phi) is 5.03. The average Bonchev–Trinajstić information content (AvgIpc) is 2.54. The van der Waals surface area contributed by atoms with Crippen LogP contribution in [0.5, 0.6) is 0 Å². The normalized spacial score (nSPS) is 10.3. The lowest BCUT2D eigenvalue weighted by Crippen LogP contribution is -2.13. The minimum Gasteiger partial charge on any atom is -0.465 e. The van der Waals surface area contributed by atoms with Crippen LogP contribution in [-0.4, -0.2) is 36.4 Å². The second-order valence-corrected chi connectivity index (χ2v) is 5.37. The maximum Gasteiger partial charge on any atom is 0.339 e. The molecule has 0 fully saturated rings. The number of hydrogen-bond donors (Lipinski definition) is 0. The highest BCUT2D eigenvalue weighted by Gasteiger charge is 2.14. The van der Waals surface area contributed by atoms with Crippen LogP contribution in [0.15, 0.2) is 35.6 Å². The summed E-state index contributed by atoms with van der Waals surface area (Å²) in [4.78, 5) is 21.9. The van der Waals surface area contributed by atoms with Crippen LogP contribution in [0, 0.1) is 0 Å². The number of halogens is 1. The van der Waals surface area contributed by atoms with E-state index in [1.165, 1.54) is 25.2 Å². The Balaban J connectivity index is 2.38. The zero-order chi connectivity index (χ0) is 15.4. The van der Waals surface area contributed by atoms with E-state index in [4.69, 9.17) is 16.3 Å². The third kappa shape index (κ3) is 3.46. The quantitative estimate of drug-likeness (QED) is 0.488. The summed E-state index contributed by atoms with van der Waals surface area (Å²) >= 11 is 7.56. The molecule has 7 heteroatoms. The van der Waals surface area contributed by atoms with Crippen LogP contribution in [-0.2, 0) is 4.74 Å². The summed E-state index contributed by atoms with van der Waals surface area (Å²) in [6.07, 6.45) is 3.46. The molecule has 0 radical (unpaired) electrons. The number of benzene rings is 1. The van der Waals surface area contributed by atoms with E-state index in [0.29, 0.717) is 10.6 Å². The second kappa shape index (κ2) is 6.78. The summed E-state index contributed by atoms with van der Waals surface area (Å²) in [5, 5.41) is 1.22. The van der Waals surface area contributed by atoms with E-state index in [1.807, 2.05) is 30.3 Å². The van der Waals surface area contributed by atoms with Gasteiger partial charge in [-0.2, -0.15) is 0 Å². The molecule has 5 nitrogen and oxygen atoms in total. The van der Waals surface area contributed by atoms with Crippen LogP contribution in [0.3, 0.4) is 0 Å². The van der Waals surface area contributed by atoms with Crippen LogP contribution in [0.2, 0.25) is 5.02 Å². The van der Waals surface area contributed by atoms with Gasteiger partial charge >= 0.3 is 5.97 Å². The van der Waals surface area contributed by atoms with Gasteiger partial charge in [0, 0.05) is 18.8 Å². The average molecular weight is 324 g/mol. The Labute approximate surface area is 132 Å². The third-order valence-electron chi connectivity index (χ3n) is 2.92. The second-order valence-electron chi connectivity index (χ2n) is 4.13. The van der Waals surface area contributed by atoms with E-state index >= 15 is 0 Å². The molecule has 2 rings (SSSR count). The number of nitrogens with zero attached hydrogens (tertiary/aromatic N) is 3. The van der Waals surface area contributed by atoms with Gasteiger partial charge in [0.15, 0.2) is 0 Å². The van der Waals surface area contributed by atoms with Crippen molar-refractivity contribution >= 4 is 40.8 Å². The molecular weight excluding hydrogens is 310 g/mol. The molecule has 21 heavy (non-hydrogen) atoms. The lowest BCUT2D eigenvalue weighted by molar-refractivity contribution is 0.0601. The zero-order valence-corrected chi connectivity index (χ0v) is 13.4. The Bertz CT molecular complexity index is 666. The van der Waals surface area contributed by atoms with Gasteiger partial charge in [0.05, 0.1) is 17.7 Å². The first-order valence-electron chi connectivity index (χ1n) is 6.04. The minimum atomic E-state index is -0.470. The number of rotatable bonds is 4. The van der Waals surface area contributed by atoms with Crippen molar-refractivity contribution in [2.45, 2.75) is 5.03 Å². The van der Waals surface area contributed by atoms with E-state index in [1.54, 1.807) is 12.1 Å². The fraction of sp³-hybridized carbons (Fsp3) is 0.214. The number of carbonyl (C=O) groups excluding carboxylic acids is 1. The molecule has 0 spiro atoms. The van der Waals surface area contributed by atoms with Gasteiger partial charge in [0.1, 0.15) is 17.2 Å². The van der Waals surface area contributed by atoms with Crippen molar-refractivity contribution in [3.8, 4) is 0 Å². The molecule has 0 aliphatic carbocycles. The number of ether oxygens (including phenoxy) is 1. The number of hydrogen-bond acceptors (Lipinski definition) is 6. The van der Waals surface area contributed by atoms with Gasteiger partial charge in [-0.3, -0.25) is 0 Å². The molecule has 1 aromatic carbocycles. The van der Waals surface area contributed by atoms with Gasteiger partial charge in [-0.25, -0.2) is 14.8 Å². The SMILES string of the molecule is COC(=O)c1cc(N(C)c2cc(SC)ncn2)ccc1Cl. The van der Waals surface area contributed by atoms with Crippen molar-refractivity contribution in [1.82, 2.24) is 9.97 Å². The standard InChI is InChI=1S/C14H14ClN3O2S/c1-18(12-7-13(21-3)17-8-16-12)9-4-5-11(15)10(6-9)14(19)20-2/h4-8H,1-3H3. The summed E-state index contributed by atoms with van der Waals surface area (Å²) in [5.74, 6) is 0.259. The largest absolute Gasteiger partial charge is 0.465 e. The summed E-state index contributed by atoms with van der Waals surface area (Å²) in [6, 6.07) is 7.03. The topological polar surface area (TPSA) is 55.3 Å². The number of esters is 1. The molecule has 0 bridgehead atoms. The predicted molar refractivity (Wildman–Crippen MR) is 84.7 cm³/mol. The van der Waals surface area contributed by atoms with Crippen LogP contribution >= 0.6 is 23.4 Å². The molecule has 1 aromatic heterocycles. The van der Waals surface area contributed by atoms with E-state index in [2.05, 4.69) is 9.97 Å². The highest BCUT2D eigenvalue weighted by atomic mass is 35.5. The summed E-state index contributed by atoms with van der Waals surface area (Å²) in [6.45, 7) is 0. The number of carbonyl (C=O) groups is 1. The number of aromatic nitrogens is 2. The number of thioether (sulfide) groups is 1. The molecule has 110 valence electrons. The van der Waals surface area contributed by atoms with Gasteiger partial charge in [-0.05, 0) is 24.5 Å². The molecule has 0 aliphatic heterocycles. The smallest absolute Gasteiger partial charge is 0.339 e. The molecule has 0 atom stereocenters. The van der Waals surface area contributed by atoms with E-state index < -0.39 is 5.97 Å². The molecule has 1 heterocycles. The van der Waals surface area contributed by atoms with Crippen molar-refractivity contribution in [2.75, 3.05) is 25.3 Å². The van der Waals surface area contributed by atoms with E-state index in [9.17, 15) is 4.79 Å². The first-order chi connectivity index (χ1) is 10.1. The van der Waals surface area contributed by atoms with E-state index in [-0.39, 0.29) is 0 Å². The summed E-state index contributed by atoms with van der Waals surface area (Å²) in [7, 11) is 3.18. The first kappa shape index (κ1) is 15.6. The van der Waals surface area contributed by atoms with Crippen molar-refractivity contribution in [3.63, 3.8) is 0 Å². The Hall–Kier alpha value is -1.79. The Morgan fingerprint density at radius 2 is 2.10 bits per heavy atom. The lowest BCUT2D eigenvalue weighted by Gasteiger charge is -2.19. The van der Waals surface area contributed by atoms with Crippen molar-refractivity contribution in [2.24, 2.45) is 0 Å². The van der Waals surface area contributed by atoms with Crippen LogP contribution in [0.4, 0.5) is 11.5 Å². The maximum absolute atomic E-state index is 11.7. The van der Waals surface area contributed by atoms with E-state index in [0.717, 1.165) is 16.5 Å². The Morgan fingerprint density at radius 1 is 1.33 bits per heavy atom. The van der Waals surface area contributed by atoms with Gasteiger partial charge in [0.25, 0.3) is 0 Å². The van der Waals surface area contributed by atoms with Crippen molar-refractivity contribution < 1.29 is 9.53 Å². The molecule has 0 aliphatic rings. The maximum atomic E-state index is 11.7. The monoisotopic (exact) mass is 323 g/mol. The van der Waals surface area contributed by atoms with Crippen LogP contribution < -0.4 is 4.90 Å². The highest BCUT2D eigenvalue weighted by molar-refractivity contribution is 7.98. The predicted octanol–water partition coefficient (Wildman–Crippen LogP) is 3.41. The fourth-order valence-electron chi connectivity index (χ4n) is 1.75. The summed E-state index contributed by atoms with van der Waals surface area (Å²) < 4.78 is 4.72. The van der Waals surface area contributed by atoms with Gasteiger partial charge in [0.2, 0.25) is 0 Å². The number of anilines is 2. The van der Waals surface area contributed by atoms with Crippen LogP contribution in [0.1, 0.15) is 10.4 Å². The van der Waals surface area contributed by atoms with Crippen molar-refractivity contribution in [3.05, 3.63) is 41.2 Å².